The van der Waals surface area contributed by atoms with Crippen LogP contribution in [0.25, 0.3) is 0 Å². The lowest BCUT2D eigenvalue weighted by atomic mass is 9.84. The van der Waals surface area contributed by atoms with E-state index < -0.39 is 0 Å². The van der Waals surface area contributed by atoms with E-state index in [4.69, 9.17) is 4.74 Å². The van der Waals surface area contributed by atoms with Gasteiger partial charge in [-0.25, -0.2) is 0 Å². The van der Waals surface area contributed by atoms with Gasteiger partial charge in [-0.2, -0.15) is 0 Å². The van der Waals surface area contributed by atoms with Crippen LogP contribution >= 0.6 is 0 Å². The molecule has 24 heavy (non-hydrogen) atoms. The fourth-order valence-corrected chi connectivity index (χ4v) is 3.54. The normalized spacial score (nSPS) is 21.3. The molecule has 0 radical (unpaired) electrons. The lowest BCUT2D eigenvalue weighted by Gasteiger charge is -2.38. The van der Waals surface area contributed by atoms with Crippen molar-refractivity contribution in [2.24, 2.45) is 5.92 Å². The van der Waals surface area contributed by atoms with Crippen molar-refractivity contribution in [3.05, 3.63) is 35.7 Å². The number of hydrogen-bond donors (Lipinski definition) is 0. The quantitative estimate of drug-likeness (QED) is 0.845. The van der Waals surface area contributed by atoms with E-state index in [1.54, 1.807) is 6.20 Å². The third-order valence-electron chi connectivity index (χ3n) is 5.36. The van der Waals surface area contributed by atoms with Gasteiger partial charge in [-0.1, -0.05) is 6.42 Å². The highest BCUT2D eigenvalue weighted by Crippen LogP contribution is 2.32. The molecule has 1 fully saturated rings. The van der Waals surface area contributed by atoms with Crippen LogP contribution in [0.3, 0.4) is 0 Å². The molecule has 1 aliphatic carbocycles. The fourth-order valence-electron chi connectivity index (χ4n) is 3.54. The average molecular weight is 327 g/mol. The first-order valence-corrected chi connectivity index (χ1v) is 8.92. The van der Waals surface area contributed by atoms with Crippen molar-refractivity contribution in [3.63, 3.8) is 0 Å². The molecule has 2 aromatic heterocycles. The predicted molar refractivity (Wildman–Crippen MR) is 90.7 cm³/mol. The molecule has 0 amide bonds. The summed E-state index contributed by atoms with van der Waals surface area (Å²) in [5.74, 6) is 3.63. The summed E-state index contributed by atoms with van der Waals surface area (Å²) < 4.78 is 8.05. The first-order valence-electron chi connectivity index (χ1n) is 8.92. The van der Waals surface area contributed by atoms with Crippen LogP contribution in [0.2, 0.25) is 0 Å². The molecule has 2 aromatic rings. The van der Waals surface area contributed by atoms with E-state index in [-0.39, 0.29) is 0 Å². The topological polar surface area (TPSA) is 56.1 Å². The molecular weight excluding hydrogens is 302 g/mol. The Hall–Kier alpha value is -1.95. The molecule has 0 saturated heterocycles. The standard InChI is InChI=1S/C18H25N5O/c1-13-6-7-16(10-19-13)24-12-17-20-21-18-14(2)22(8-9-23(17)18)11-15-4-3-5-15/h6-7,10,14-15H,3-5,8-9,11-12H2,1-2H3/t14-/m1/s1. The number of hydrogen-bond acceptors (Lipinski definition) is 5. The Balaban J connectivity index is 1.42. The molecule has 4 rings (SSSR count). The molecule has 0 unspecified atom stereocenters. The Morgan fingerprint density at radius 3 is 2.79 bits per heavy atom. The van der Waals surface area contributed by atoms with Crippen LogP contribution in [0, 0.1) is 12.8 Å². The Morgan fingerprint density at radius 2 is 2.08 bits per heavy atom. The van der Waals surface area contributed by atoms with Crippen molar-refractivity contribution in [1.82, 2.24) is 24.6 Å². The molecule has 6 heteroatoms. The first-order chi connectivity index (χ1) is 11.7. The molecule has 3 heterocycles. The Labute approximate surface area is 142 Å². The number of rotatable bonds is 5. The lowest BCUT2D eigenvalue weighted by molar-refractivity contribution is 0.110. The van der Waals surface area contributed by atoms with E-state index in [0.29, 0.717) is 12.6 Å². The molecule has 0 spiro atoms. The smallest absolute Gasteiger partial charge is 0.171 e. The van der Waals surface area contributed by atoms with Crippen LogP contribution in [-0.4, -0.2) is 37.7 Å². The summed E-state index contributed by atoms with van der Waals surface area (Å²) in [6, 6.07) is 4.23. The van der Waals surface area contributed by atoms with Gasteiger partial charge >= 0.3 is 0 Å². The lowest BCUT2D eigenvalue weighted by Crippen LogP contribution is -2.41. The zero-order chi connectivity index (χ0) is 16.5. The Bertz CT molecular complexity index is 692. The summed E-state index contributed by atoms with van der Waals surface area (Å²) in [5.41, 5.74) is 0.989. The molecule has 2 aliphatic rings. The van der Waals surface area contributed by atoms with Gasteiger partial charge in [-0.3, -0.25) is 9.88 Å². The average Bonchev–Trinajstić information content (AvgIpc) is 2.96. The van der Waals surface area contributed by atoms with Crippen LogP contribution in [0.1, 0.15) is 49.6 Å². The molecule has 0 N–H and O–H groups in total. The molecule has 0 bridgehead atoms. The Morgan fingerprint density at radius 1 is 1.21 bits per heavy atom. The highest BCUT2D eigenvalue weighted by molar-refractivity contribution is 5.19. The monoisotopic (exact) mass is 327 g/mol. The molecule has 1 atom stereocenters. The van der Waals surface area contributed by atoms with Gasteiger partial charge in [0.1, 0.15) is 18.2 Å². The van der Waals surface area contributed by atoms with E-state index >= 15 is 0 Å². The number of ether oxygens (including phenoxy) is 1. The number of pyridine rings is 1. The number of aryl methyl sites for hydroxylation is 1. The maximum atomic E-state index is 5.83. The van der Waals surface area contributed by atoms with E-state index in [2.05, 4.69) is 31.6 Å². The minimum Gasteiger partial charge on any atom is -0.484 e. The van der Waals surface area contributed by atoms with Crippen molar-refractivity contribution in [2.75, 3.05) is 13.1 Å². The fraction of sp³-hybridized carbons (Fsp3) is 0.611. The second-order valence-corrected chi connectivity index (χ2v) is 7.02. The number of aromatic nitrogens is 4. The molecule has 0 aromatic carbocycles. The van der Waals surface area contributed by atoms with Crippen LogP contribution in [0.5, 0.6) is 5.75 Å². The summed E-state index contributed by atoms with van der Waals surface area (Å²) in [5, 5.41) is 8.81. The van der Waals surface area contributed by atoms with Crippen molar-refractivity contribution in [1.29, 1.82) is 0 Å². The molecule has 6 nitrogen and oxygen atoms in total. The van der Waals surface area contributed by atoms with Gasteiger partial charge in [0.05, 0.1) is 12.2 Å². The highest BCUT2D eigenvalue weighted by atomic mass is 16.5. The van der Waals surface area contributed by atoms with Crippen LogP contribution in [0.15, 0.2) is 18.3 Å². The van der Waals surface area contributed by atoms with Gasteiger partial charge in [-0.15, -0.1) is 10.2 Å². The van der Waals surface area contributed by atoms with Gasteiger partial charge in [-0.05, 0) is 44.7 Å². The van der Waals surface area contributed by atoms with E-state index in [1.807, 2.05) is 19.1 Å². The van der Waals surface area contributed by atoms with Crippen molar-refractivity contribution < 1.29 is 4.74 Å². The van der Waals surface area contributed by atoms with Crippen LogP contribution < -0.4 is 4.74 Å². The molecule has 1 aliphatic heterocycles. The molecular formula is C18H25N5O. The van der Waals surface area contributed by atoms with Gasteiger partial charge in [0.2, 0.25) is 0 Å². The third-order valence-corrected chi connectivity index (χ3v) is 5.36. The first kappa shape index (κ1) is 15.6. The summed E-state index contributed by atoms with van der Waals surface area (Å²) in [6.07, 6.45) is 5.93. The van der Waals surface area contributed by atoms with Gasteiger partial charge in [0.25, 0.3) is 0 Å². The summed E-state index contributed by atoms with van der Waals surface area (Å²) in [7, 11) is 0. The van der Waals surface area contributed by atoms with E-state index in [1.165, 1.54) is 25.8 Å². The number of fused-ring (bicyclic) bond motifs is 1. The molecule has 128 valence electrons. The van der Waals surface area contributed by atoms with E-state index in [9.17, 15) is 0 Å². The summed E-state index contributed by atoms with van der Waals surface area (Å²) in [6.45, 7) is 7.87. The van der Waals surface area contributed by atoms with E-state index in [0.717, 1.165) is 42.1 Å². The van der Waals surface area contributed by atoms with Crippen molar-refractivity contribution in [2.45, 2.75) is 52.3 Å². The zero-order valence-electron chi connectivity index (χ0n) is 14.5. The summed E-state index contributed by atoms with van der Waals surface area (Å²) >= 11 is 0. The van der Waals surface area contributed by atoms with Crippen LogP contribution in [0.4, 0.5) is 0 Å². The second-order valence-electron chi connectivity index (χ2n) is 7.02. The molecule has 1 saturated carbocycles. The SMILES string of the molecule is Cc1ccc(OCc2nnc3n2CCN(CC2CCC2)[C@@H]3C)cn1. The van der Waals surface area contributed by atoms with Crippen LogP contribution in [-0.2, 0) is 13.2 Å². The van der Waals surface area contributed by atoms with Gasteiger partial charge < -0.3 is 9.30 Å². The maximum absolute atomic E-state index is 5.83. The van der Waals surface area contributed by atoms with Gasteiger partial charge in [0.15, 0.2) is 5.82 Å². The maximum Gasteiger partial charge on any atom is 0.171 e. The zero-order valence-corrected chi connectivity index (χ0v) is 14.5. The minimum atomic E-state index is 0.335. The number of nitrogens with zero attached hydrogens (tertiary/aromatic N) is 5. The minimum absolute atomic E-state index is 0.335. The van der Waals surface area contributed by atoms with Crippen molar-refractivity contribution >= 4 is 0 Å². The summed E-state index contributed by atoms with van der Waals surface area (Å²) in [4.78, 5) is 6.81. The Kier molecular flexibility index (Phi) is 4.22. The largest absolute Gasteiger partial charge is 0.484 e. The van der Waals surface area contributed by atoms with Gasteiger partial charge in [0, 0.05) is 25.3 Å². The third kappa shape index (κ3) is 3.02. The second kappa shape index (κ2) is 6.51. The highest BCUT2D eigenvalue weighted by Gasteiger charge is 2.31. The predicted octanol–water partition coefficient (Wildman–Crippen LogP) is 2.74. The van der Waals surface area contributed by atoms with Crippen molar-refractivity contribution in [3.8, 4) is 5.75 Å².